The summed E-state index contributed by atoms with van der Waals surface area (Å²) in [6.45, 7) is 3.43. The quantitative estimate of drug-likeness (QED) is 0.821. The van der Waals surface area contributed by atoms with Gasteiger partial charge in [0.15, 0.2) is 0 Å². The normalized spacial score (nSPS) is 27.4. The SMILES string of the molecule is C[C@]12CCC(=O)N1[C@@H](C(=O)Nc1cc(C(F)(F)F)ccc1N1CCCC1)CS2. The summed E-state index contributed by atoms with van der Waals surface area (Å²) in [7, 11) is 0. The summed E-state index contributed by atoms with van der Waals surface area (Å²) in [4.78, 5) is 28.4. The fourth-order valence-corrected chi connectivity index (χ4v) is 5.71. The van der Waals surface area contributed by atoms with Crippen LogP contribution in [0.5, 0.6) is 0 Å². The molecular formula is C19H22F3N3O2S. The van der Waals surface area contributed by atoms with Gasteiger partial charge in [0.1, 0.15) is 6.04 Å². The largest absolute Gasteiger partial charge is 0.416 e. The first-order chi connectivity index (χ1) is 13.2. The maximum absolute atomic E-state index is 13.2. The third kappa shape index (κ3) is 3.33. The average molecular weight is 413 g/mol. The van der Waals surface area contributed by atoms with E-state index in [0.717, 1.165) is 38.1 Å². The third-order valence-corrected chi connectivity index (χ3v) is 7.28. The van der Waals surface area contributed by atoms with Crippen LogP contribution in [0.1, 0.15) is 38.2 Å². The van der Waals surface area contributed by atoms with Gasteiger partial charge < -0.3 is 15.1 Å². The number of amides is 2. The zero-order chi connectivity index (χ0) is 20.1. The number of nitrogens with one attached hydrogen (secondary N) is 1. The lowest BCUT2D eigenvalue weighted by atomic mass is 10.1. The van der Waals surface area contributed by atoms with Gasteiger partial charge in [-0.2, -0.15) is 13.2 Å². The molecule has 3 aliphatic heterocycles. The molecule has 4 rings (SSSR count). The zero-order valence-corrected chi connectivity index (χ0v) is 16.3. The van der Waals surface area contributed by atoms with E-state index >= 15 is 0 Å². The highest BCUT2D eigenvalue weighted by Gasteiger charge is 2.53. The van der Waals surface area contributed by atoms with E-state index in [1.54, 1.807) is 16.7 Å². The molecule has 3 heterocycles. The van der Waals surface area contributed by atoms with Crippen molar-refractivity contribution in [3.05, 3.63) is 23.8 Å². The fraction of sp³-hybridized carbons (Fsp3) is 0.579. The van der Waals surface area contributed by atoms with Crippen LogP contribution in [0.15, 0.2) is 18.2 Å². The lowest BCUT2D eigenvalue weighted by Gasteiger charge is -2.30. The van der Waals surface area contributed by atoms with Gasteiger partial charge in [0.05, 0.1) is 21.8 Å². The van der Waals surface area contributed by atoms with Crippen LogP contribution in [0, 0.1) is 0 Å². The van der Waals surface area contributed by atoms with Crippen LogP contribution >= 0.6 is 11.8 Å². The van der Waals surface area contributed by atoms with Gasteiger partial charge in [-0.05, 0) is 44.4 Å². The molecule has 1 aromatic carbocycles. The molecule has 3 aliphatic rings. The van der Waals surface area contributed by atoms with Gasteiger partial charge in [-0.1, -0.05) is 0 Å². The van der Waals surface area contributed by atoms with Crippen molar-refractivity contribution in [3.63, 3.8) is 0 Å². The minimum absolute atomic E-state index is 0.0727. The molecule has 3 saturated heterocycles. The molecule has 0 aromatic heterocycles. The molecular weight excluding hydrogens is 391 g/mol. The molecule has 3 fully saturated rings. The smallest absolute Gasteiger partial charge is 0.370 e. The molecule has 0 radical (unpaired) electrons. The molecule has 0 unspecified atom stereocenters. The van der Waals surface area contributed by atoms with Crippen molar-refractivity contribution >= 4 is 35.0 Å². The summed E-state index contributed by atoms with van der Waals surface area (Å²) < 4.78 is 39.6. The first kappa shape index (κ1) is 19.4. The van der Waals surface area contributed by atoms with Crippen molar-refractivity contribution in [3.8, 4) is 0 Å². The van der Waals surface area contributed by atoms with E-state index < -0.39 is 28.6 Å². The fourth-order valence-electron chi connectivity index (χ4n) is 4.28. The number of hydrogen-bond donors (Lipinski definition) is 1. The van der Waals surface area contributed by atoms with Gasteiger partial charge in [0.25, 0.3) is 0 Å². The first-order valence-electron chi connectivity index (χ1n) is 9.42. The number of halogens is 3. The van der Waals surface area contributed by atoms with Crippen molar-refractivity contribution < 1.29 is 22.8 Å². The van der Waals surface area contributed by atoms with E-state index in [1.807, 2.05) is 11.8 Å². The summed E-state index contributed by atoms with van der Waals surface area (Å²) in [6, 6.07) is 2.82. The van der Waals surface area contributed by atoms with Gasteiger partial charge in [0, 0.05) is 25.3 Å². The van der Waals surface area contributed by atoms with Crippen molar-refractivity contribution in [2.75, 3.05) is 29.1 Å². The predicted molar refractivity (Wildman–Crippen MR) is 102 cm³/mol. The third-order valence-electron chi connectivity index (χ3n) is 5.78. The zero-order valence-electron chi connectivity index (χ0n) is 15.5. The number of rotatable bonds is 3. The first-order valence-corrected chi connectivity index (χ1v) is 10.4. The number of carbonyl (C=O) groups excluding carboxylic acids is 2. The Labute approximate surface area is 165 Å². The standard InChI is InChI=1S/C19H22F3N3O2S/c1-18-7-6-16(26)25(18)15(11-28-18)17(27)23-13-10-12(19(20,21)22)4-5-14(13)24-8-2-3-9-24/h4-5,10,15H,2-3,6-9,11H2,1H3,(H,23,27)/t15-,18+/m1/s1. The Balaban J connectivity index is 1.62. The van der Waals surface area contributed by atoms with Crippen molar-refractivity contribution in [1.29, 1.82) is 0 Å². The van der Waals surface area contributed by atoms with Gasteiger partial charge >= 0.3 is 6.18 Å². The summed E-state index contributed by atoms with van der Waals surface area (Å²) in [5.74, 6) is -0.0470. The summed E-state index contributed by atoms with van der Waals surface area (Å²) in [6.07, 6.45) is -1.48. The molecule has 2 atom stereocenters. The topological polar surface area (TPSA) is 52.7 Å². The van der Waals surface area contributed by atoms with E-state index in [4.69, 9.17) is 0 Å². The number of carbonyl (C=O) groups is 2. The molecule has 9 heteroatoms. The molecule has 0 aliphatic carbocycles. The number of alkyl halides is 3. The molecule has 2 amide bonds. The van der Waals surface area contributed by atoms with Crippen LogP contribution in [0.2, 0.25) is 0 Å². The Hall–Kier alpha value is -1.90. The number of nitrogens with zero attached hydrogens (tertiary/aromatic N) is 2. The lowest BCUT2D eigenvalue weighted by Crippen LogP contribution is -2.48. The van der Waals surface area contributed by atoms with Crippen LogP contribution < -0.4 is 10.2 Å². The van der Waals surface area contributed by atoms with E-state index in [-0.39, 0.29) is 11.6 Å². The number of anilines is 2. The highest BCUT2D eigenvalue weighted by molar-refractivity contribution is 8.01. The molecule has 5 nitrogen and oxygen atoms in total. The molecule has 1 aromatic rings. The maximum Gasteiger partial charge on any atom is 0.416 e. The molecule has 1 N–H and O–H groups in total. The monoisotopic (exact) mass is 413 g/mol. The van der Waals surface area contributed by atoms with Gasteiger partial charge in [-0.25, -0.2) is 0 Å². The van der Waals surface area contributed by atoms with E-state index in [2.05, 4.69) is 5.32 Å². The van der Waals surface area contributed by atoms with Crippen molar-refractivity contribution in [2.24, 2.45) is 0 Å². The Morgan fingerprint density at radius 2 is 2.00 bits per heavy atom. The Morgan fingerprint density at radius 1 is 1.29 bits per heavy atom. The molecule has 152 valence electrons. The van der Waals surface area contributed by atoms with Crippen LogP contribution in [0.25, 0.3) is 0 Å². The van der Waals surface area contributed by atoms with E-state index in [0.29, 0.717) is 24.3 Å². The van der Waals surface area contributed by atoms with Crippen LogP contribution in [0.3, 0.4) is 0 Å². The number of benzene rings is 1. The number of hydrogen-bond acceptors (Lipinski definition) is 4. The molecule has 28 heavy (non-hydrogen) atoms. The highest BCUT2D eigenvalue weighted by Crippen LogP contribution is 2.47. The molecule has 0 saturated carbocycles. The Bertz CT molecular complexity index is 810. The number of thioether (sulfide) groups is 1. The summed E-state index contributed by atoms with van der Waals surface area (Å²) >= 11 is 1.56. The second-order valence-corrected chi connectivity index (χ2v) is 9.18. The van der Waals surface area contributed by atoms with Crippen LogP contribution in [-0.4, -0.2) is 46.5 Å². The minimum atomic E-state index is -4.49. The Morgan fingerprint density at radius 3 is 2.68 bits per heavy atom. The van der Waals surface area contributed by atoms with Crippen LogP contribution in [-0.2, 0) is 15.8 Å². The number of fused-ring (bicyclic) bond motifs is 1. The van der Waals surface area contributed by atoms with E-state index in [9.17, 15) is 22.8 Å². The second-order valence-electron chi connectivity index (χ2n) is 7.68. The lowest BCUT2D eigenvalue weighted by molar-refractivity contribution is -0.137. The van der Waals surface area contributed by atoms with Crippen molar-refractivity contribution in [2.45, 2.75) is 49.7 Å². The van der Waals surface area contributed by atoms with Crippen LogP contribution in [0.4, 0.5) is 24.5 Å². The van der Waals surface area contributed by atoms with Gasteiger partial charge in [-0.3, -0.25) is 9.59 Å². The van der Waals surface area contributed by atoms with Crippen molar-refractivity contribution in [1.82, 2.24) is 4.90 Å². The summed E-state index contributed by atoms with van der Waals surface area (Å²) in [5.41, 5.74) is -0.0411. The van der Waals surface area contributed by atoms with E-state index in [1.165, 1.54) is 6.07 Å². The minimum Gasteiger partial charge on any atom is -0.370 e. The highest BCUT2D eigenvalue weighted by atomic mass is 32.2. The molecule has 0 bridgehead atoms. The average Bonchev–Trinajstić information content (AvgIpc) is 3.32. The maximum atomic E-state index is 13.2. The van der Waals surface area contributed by atoms with Gasteiger partial charge in [0.2, 0.25) is 11.8 Å². The predicted octanol–water partition coefficient (Wildman–Crippen LogP) is 3.70. The second kappa shape index (κ2) is 6.86. The van der Waals surface area contributed by atoms with Gasteiger partial charge in [-0.15, -0.1) is 11.8 Å². The molecule has 0 spiro atoms. The summed E-state index contributed by atoms with van der Waals surface area (Å²) in [5, 5.41) is 2.70. The Kier molecular flexibility index (Phi) is 4.76.